The fourth-order valence-corrected chi connectivity index (χ4v) is 9.76. The molecule has 1 fully saturated rings. The normalized spacial score (nSPS) is 16.9. The van der Waals surface area contributed by atoms with E-state index in [1.807, 2.05) is 66.7 Å². The minimum absolute atomic E-state index is 0.0742. The van der Waals surface area contributed by atoms with E-state index in [1.165, 1.54) is 46.9 Å². The molecule has 0 spiro atoms. The number of carboxylic acids is 1. The summed E-state index contributed by atoms with van der Waals surface area (Å²) in [6.45, 7) is -0.217. The summed E-state index contributed by atoms with van der Waals surface area (Å²) in [5, 5.41) is 22.2. The number of aryl methyl sites for hydroxylation is 1. The van der Waals surface area contributed by atoms with Crippen LogP contribution in [0, 0.1) is 0 Å². The molecule has 2 aliphatic rings. The number of nitrogens with one attached hydrogen (secondary N) is 2. The van der Waals surface area contributed by atoms with Gasteiger partial charge in [-0.15, -0.1) is 34.9 Å². The molecule has 0 aliphatic carbocycles. The number of aromatic nitrogens is 2. The van der Waals surface area contributed by atoms with Crippen molar-refractivity contribution in [1.82, 2.24) is 15.2 Å². The van der Waals surface area contributed by atoms with Gasteiger partial charge in [-0.05, 0) is 22.3 Å². The van der Waals surface area contributed by atoms with E-state index in [0.29, 0.717) is 22.2 Å². The summed E-state index contributed by atoms with van der Waals surface area (Å²) in [7, 11) is 1.32. The maximum atomic E-state index is 13.8. The van der Waals surface area contributed by atoms with Crippen molar-refractivity contribution in [3.63, 3.8) is 0 Å². The first-order chi connectivity index (χ1) is 26.8. The van der Waals surface area contributed by atoms with Crippen LogP contribution in [0.15, 0.2) is 142 Å². The van der Waals surface area contributed by atoms with E-state index in [4.69, 9.17) is 9.82 Å². The topological polar surface area (TPSA) is 137 Å². The van der Waals surface area contributed by atoms with Crippen LogP contribution in [0.2, 0.25) is 0 Å². The second-order valence-corrected chi connectivity index (χ2v) is 15.5. The van der Waals surface area contributed by atoms with E-state index in [2.05, 4.69) is 52.2 Å². The maximum Gasteiger partial charge on any atom is 0.352 e. The molecular formula is C40H36FN6O5S3+. The van der Waals surface area contributed by atoms with E-state index in [1.54, 1.807) is 22.3 Å². The SMILES string of the molecule is CO/N=C(\C(=O)N[C@@H]1C(=O)N2C(C(=O)O)=C(CSc3cc[n+](CCF)cc3)CS[C@H]12)c1csc(NC(c2ccccc2)(c2ccccc2)c2ccccc2)n1. The van der Waals surface area contributed by atoms with Gasteiger partial charge in [0.15, 0.2) is 29.8 Å². The third kappa shape index (κ3) is 7.72. The van der Waals surface area contributed by atoms with Gasteiger partial charge in [0.25, 0.3) is 11.8 Å². The van der Waals surface area contributed by atoms with Gasteiger partial charge in [0.05, 0.1) is 0 Å². The Morgan fingerprint density at radius 1 is 1.00 bits per heavy atom. The van der Waals surface area contributed by atoms with Gasteiger partial charge in [0.1, 0.15) is 42.1 Å². The number of fused-ring (bicyclic) bond motifs is 1. The fraction of sp³-hybridized carbons (Fsp3) is 0.200. The van der Waals surface area contributed by atoms with Crippen LogP contribution in [-0.4, -0.2) is 75.2 Å². The molecule has 2 atom stereocenters. The molecule has 4 heterocycles. The Morgan fingerprint density at radius 3 is 2.15 bits per heavy atom. The van der Waals surface area contributed by atoms with Crippen LogP contribution in [0.25, 0.3) is 0 Å². The Balaban J connectivity index is 1.10. The van der Waals surface area contributed by atoms with Gasteiger partial charge in [-0.2, -0.15) is 0 Å². The number of hydrogen-bond donors (Lipinski definition) is 3. The molecule has 55 heavy (non-hydrogen) atoms. The molecule has 2 amide bonds. The molecule has 5 aromatic rings. The molecule has 0 radical (unpaired) electrons. The molecule has 3 N–H and O–H groups in total. The number of anilines is 1. The van der Waals surface area contributed by atoms with Gasteiger partial charge >= 0.3 is 5.97 Å². The highest BCUT2D eigenvalue weighted by molar-refractivity contribution is 8.01. The molecule has 280 valence electrons. The largest absolute Gasteiger partial charge is 0.477 e. The van der Waals surface area contributed by atoms with Crippen LogP contribution in [0.4, 0.5) is 9.52 Å². The summed E-state index contributed by atoms with van der Waals surface area (Å²) in [5.41, 5.74) is 2.70. The predicted molar refractivity (Wildman–Crippen MR) is 212 cm³/mol. The van der Waals surface area contributed by atoms with Crippen molar-refractivity contribution in [2.75, 3.05) is 30.6 Å². The molecule has 15 heteroatoms. The third-order valence-corrected chi connectivity index (χ3v) is 12.4. The van der Waals surface area contributed by atoms with Gasteiger partial charge in [0.2, 0.25) is 0 Å². The lowest BCUT2D eigenvalue weighted by molar-refractivity contribution is -0.697. The number of thiazole rings is 1. The van der Waals surface area contributed by atoms with Crippen LogP contribution in [0.3, 0.4) is 0 Å². The predicted octanol–water partition coefficient (Wildman–Crippen LogP) is 5.69. The summed E-state index contributed by atoms with van der Waals surface area (Å²) in [6.07, 6.45) is 3.54. The van der Waals surface area contributed by atoms with Crippen molar-refractivity contribution in [3.05, 3.63) is 155 Å². The zero-order valence-corrected chi connectivity index (χ0v) is 32.0. The number of pyridine rings is 1. The van der Waals surface area contributed by atoms with Gasteiger partial charge in [0, 0.05) is 33.9 Å². The zero-order chi connectivity index (χ0) is 38.4. The highest BCUT2D eigenvalue weighted by Crippen LogP contribution is 2.43. The summed E-state index contributed by atoms with van der Waals surface area (Å²) in [4.78, 5) is 51.8. The quantitative estimate of drug-likeness (QED) is 0.0305. The number of amides is 2. The molecular weight excluding hydrogens is 760 g/mol. The minimum Gasteiger partial charge on any atom is -0.477 e. The highest BCUT2D eigenvalue weighted by Gasteiger charge is 2.54. The summed E-state index contributed by atoms with van der Waals surface area (Å²) >= 11 is 4.11. The lowest BCUT2D eigenvalue weighted by Crippen LogP contribution is -2.71. The van der Waals surface area contributed by atoms with E-state index < -0.39 is 41.4 Å². The summed E-state index contributed by atoms with van der Waals surface area (Å²) in [6, 6.07) is 32.8. The van der Waals surface area contributed by atoms with Crippen molar-refractivity contribution < 1.29 is 33.3 Å². The third-order valence-electron chi connectivity index (χ3n) is 9.21. The number of carboxylic acid groups (broad SMARTS) is 1. The van der Waals surface area contributed by atoms with Gasteiger partial charge in [-0.1, -0.05) is 96.2 Å². The number of benzene rings is 3. The average Bonchev–Trinajstić information content (AvgIpc) is 3.69. The van der Waals surface area contributed by atoms with Crippen LogP contribution in [0.5, 0.6) is 0 Å². The van der Waals surface area contributed by atoms with Gasteiger partial charge in [-0.25, -0.2) is 18.7 Å². The first-order valence-corrected chi connectivity index (χ1v) is 20.2. The van der Waals surface area contributed by atoms with Gasteiger partial charge in [-0.3, -0.25) is 14.5 Å². The zero-order valence-electron chi connectivity index (χ0n) is 29.5. The number of nitrogens with zero attached hydrogens (tertiary/aromatic N) is 4. The van der Waals surface area contributed by atoms with Crippen molar-refractivity contribution in [2.45, 2.75) is 28.4 Å². The van der Waals surface area contributed by atoms with Crippen molar-refractivity contribution in [2.24, 2.45) is 5.16 Å². The van der Waals surface area contributed by atoms with Crippen LogP contribution in [0.1, 0.15) is 22.4 Å². The Labute approximate surface area is 329 Å². The lowest BCUT2D eigenvalue weighted by Gasteiger charge is -2.49. The number of rotatable bonds is 15. The van der Waals surface area contributed by atoms with Crippen LogP contribution in [-0.2, 0) is 31.3 Å². The minimum atomic E-state index is -1.21. The molecule has 0 saturated carbocycles. The number of aliphatic carboxylic acids is 1. The van der Waals surface area contributed by atoms with Crippen molar-refractivity contribution in [3.8, 4) is 0 Å². The highest BCUT2D eigenvalue weighted by atomic mass is 32.2. The number of β-lactam (4-membered cyclic amide) rings is 1. The Hall–Kier alpha value is -5.51. The summed E-state index contributed by atoms with van der Waals surface area (Å²) < 4.78 is 14.4. The average molecular weight is 796 g/mol. The number of oxime groups is 1. The summed E-state index contributed by atoms with van der Waals surface area (Å²) in [5.74, 6) is -1.73. The van der Waals surface area contributed by atoms with Crippen LogP contribution < -0.4 is 15.2 Å². The molecule has 1 saturated heterocycles. The number of halogens is 1. The van der Waals surface area contributed by atoms with Gasteiger partial charge < -0.3 is 20.6 Å². The Kier molecular flexibility index (Phi) is 11.6. The number of hydrogen-bond acceptors (Lipinski definition) is 10. The van der Waals surface area contributed by atoms with Crippen molar-refractivity contribution in [1.29, 1.82) is 0 Å². The number of carbonyl (C=O) groups excluding carboxylic acids is 2. The standard InChI is InChI=1S/C40H35FN6O5S3/c1-52-45-32(31-25-55-39(42-31)44-40(27-11-5-2-6-12-27,28-13-7-3-8-14-28)29-15-9-4-10-16-29)35(48)43-33-36(49)47-34(38(50)51)26(24-54-37(33)47)23-53-30-17-20-46(21-18-30)22-19-41/h2-18,20-21,25,33,37H,19,22-24H2,1H3,(H2-,42,43,44,48,50,51)/p+1/b45-32-/t33-,37-/m1/s1. The van der Waals surface area contributed by atoms with E-state index >= 15 is 0 Å². The molecule has 7 rings (SSSR count). The molecule has 2 aliphatic heterocycles. The number of carbonyl (C=O) groups is 3. The van der Waals surface area contributed by atoms with Crippen LogP contribution >= 0.6 is 34.9 Å². The second kappa shape index (κ2) is 16.9. The Morgan fingerprint density at radius 2 is 1.60 bits per heavy atom. The molecule has 3 aromatic carbocycles. The van der Waals surface area contributed by atoms with E-state index in [9.17, 15) is 23.9 Å². The monoisotopic (exact) mass is 795 g/mol. The first-order valence-electron chi connectivity index (χ1n) is 17.2. The fourth-order valence-electron chi connectivity index (χ4n) is 6.64. The Bertz CT molecular complexity index is 2130. The molecule has 2 aromatic heterocycles. The van der Waals surface area contributed by atoms with E-state index in [0.717, 1.165) is 21.6 Å². The molecule has 11 nitrogen and oxygen atoms in total. The number of alkyl halides is 1. The lowest BCUT2D eigenvalue weighted by atomic mass is 9.77. The second-order valence-electron chi connectivity index (χ2n) is 12.5. The number of thioether (sulfide) groups is 2. The van der Waals surface area contributed by atoms with Crippen molar-refractivity contribution >= 4 is 63.5 Å². The first kappa shape index (κ1) is 37.8. The molecule has 0 bridgehead atoms. The van der Waals surface area contributed by atoms with E-state index in [-0.39, 0.29) is 23.6 Å². The smallest absolute Gasteiger partial charge is 0.352 e. The molecule has 0 unspecified atom stereocenters. The maximum absolute atomic E-state index is 13.8.